The number of rotatable bonds is 17. The van der Waals surface area contributed by atoms with E-state index in [1.807, 2.05) is 25.1 Å². The highest BCUT2D eigenvalue weighted by Gasteiger charge is 2.17. The number of carbonyl (C=O) groups excluding carboxylic acids is 1. The highest BCUT2D eigenvalue weighted by Crippen LogP contribution is 2.22. The minimum Gasteiger partial charge on any atom is -0.487 e. The summed E-state index contributed by atoms with van der Waals surface area (Å²) in [6.07, 6.45) is 9.84. The smallest absolute Gasteiger partial charge is 0.306 e. The molecule has 2 aromatic rings. The standard InChI is InChI=1S/C30H46NO3/c1-5-6-7-8-9-13-19-28-20-14-15-21-29(28)34-26(2)25-33-30(32)22-16-23-31(3,4)24-27-17-11-10-12-18-27/h10-12,14-15,17-18,20-21,26H,5-9,13,16,19,22-25H2,1-4H3/q+1. The summed E-state index contributed by atoms with van der Waals surface area (Å²) in [7, 11) is 4.41. The van der Waals surface area contributed by atoms with Crippen LogP contribution in [0.1, 0.15) is 76.3 Å². The first-order valence-electron chi connectivity index (χ1n) is 13.2. The van der Waals surface area contributed by atoms with Crippen molar-refractivity contribution in [2.24, 2.45) is 0 Å². The number of hydrogen-bond donors (Lipinski definition) is 0. The first kappa shape index (κ1) is 27.9. The zero-order valence-corrected chi connectivity index (χ0v) is 21.9. The number of para-hydroxylation sites is 1. The van der Waals surface area contributed by atoms with Crippen LogP contribution in [0.5, 0.6) is 5.75 Å². The third-order valence-corrected chi connectivity index (χ3v) is 6.18. The number of nitrogens with zero attached hydrogens (tertiary/aromatic N) is 1. The van der Waals surface area contributed by atoms with Crippen LogP contribution in [0.2, 0.25) is 0 Å². The van der Waals surface area contributed by atoms with Gasteiger partial charge in [-0.15, -0.1) is 0 Å². The molecule has 0 amide bonds. The number of ether oxygens (including phenoxy) is 2. The van der Waals surface area contributed by atoms with Gasteiger partial charge in [0.25, 0.3) is 0 Å². The Bertz CT molecular complexity index is 819. The zero-order chi connectivity index (χ0) is 24.7. The van der Waals surface area contributed by atoms with Crippen LogP contribution in [0, 0.1) is 0 Å². The van der Waals surface area contributed by atoms with Crippen LogP contribution in [0.15, 0.2) is 54.6 Å². The van der Waals surface area contributed by atoms with Crippen LogP contribution >= 0.6 is 0 Å². The largest absolute Gasteiger partial charge is 0.487 e. The van der Waals surface area contributed by atoms with Gasteiger partial charge in [-0.05, 0) is 31.4 Å². The molecule has 0 bridgehead atoms. The van der Waals surface area contributed by atoms with E-state index in [1.165, 1.54) is 49.7 Å². The summed E-state index contributed by atoms with van der Waals surface area (Å²) < 4.78 is 12.5. The number of aryl methyl sites for hydroxylation is 1. The molecule has 1 unspecified atom stereocenters. The van der Waals surface area contributed by atoms with E-state index in [-0.39, 0.29) is 18.7 Å². The molecule has 34 heavy (non-hydrogen) atoms. The van der Waals surface area contributed by atoms with E-state index in [4.69, 9.17) is 9.47 Å². The number of carbonyl (C=O) groups is 1. The molecular weight excluding hydrogens is 422 g/mol. The maximum Gasteiger partial charge on any atom is 0.306 e. The first-order chi connectivity index (χ1) is 16.4. The molecule has 4 heteroatoms. The van der Waals surface area contributed by atoms with Crippen molar-refractivity contribution >= 4 is 5.97 Å². The van der Waals surface area contributed by atoms with Gasteiger partial charge in [0.2, 0.25) is 0 Å². The van der Waals surface area contributed by atoms with Gasteiger partial charge in [-0.25, -0.2) is 0 Å². The SMILES string of the molecule is CCCCCCCCc1ccccc1OC(C)COC(=O)CCC[N+](C)(C)Cc1ccccc1. The van der Waals surface area contributed by atoms with E-state index in [9.17, 15) is 4.79 Å². The molecule has 4 nitrogen and oxygen atoms in total. The second-order valence-corrected chi connectivity index (χ2v) is 10.1. The Morgan fingerprint density at radius 3 is 2.32 bits per heavy atom. The van der Waals surface area contributed by atoms with E-state index in [2.05, 4.69) is 57.4 Å². The summed E-state index contributed by atoms with van der Waals surface area (Å²) in [6, 6.07) is 18.7. The third-order valence-electron chi connectivity index (χ3n) is 6.18. The van der Waals surface area contributed by atoms with Gasteiger partial charge in [0.15, 0.2) is 0 Å². The summed E-state index contributed by atoms with van der Waals surface area (Å²) in [6.45, 7) is 6.39. The Labute approximate surface area is 207 Å². The normalized spacial score (nSPS) is 12.4. The molecule has 0 aromatic heterocycles. The van der Waals surface area contributed by atoms with E-state index < -0.39 is 0 Å². The Hall–Kier alpha value is -2.33. The van der Waals surface area contributed by atoms with Crippen LogP contribution in [0.25, 0.3) is 0 Å². The number of unbranched alkanes of at least 4 members (excludes halogenated alkanes) is 5. The van der Waals surface area contributed by atoms with Crippen molar-refractivity contribution in [3.05, 3.63) is 65.7 Å². The van der Waals surface area contributed by atoms with Crippen LogP contribution < -0.4 is 4.74 Å². The molecule has 2 rings (SSSR count). The van der Waals surface area contributed by atoms with Crippen molar-refractivity contribution in [2.75, 3.05) is 27.2 Å². The fraction of sp³-hybridized carbons (Fsp3) is 0.567. The van der Waals surface area contributed by atoms with E-state index in [0.29, 0.717) is 6.42 Å². The highest BCUT2D eigenvalue weighted by atomic mass is 16.6. The average Bonchev–Trinajstić information content (AvgIpc) is 2.81. The van der Waals surface area contributed by atoms with Crippen molar-refractivity contribution in [3.63, 3.8) is 0 Å². The summed E-state index contributed by atoms with van der Waals surface area (Å²) >= 11 is 0. The van der Waals surface area contributed by atoms with E-state index in [0.717, 1.165) is 36.2 Å². The number of benzene rings is 2. The molecule has 0 saturated carbocycles. The van der Waals surface area contributed by atoms with E-state index in [1.54, 1.807) is 0 Å². The molecule has 1 atom stereocenters. The molecular formula is C30H46NO3+. The molecule has 0 aliphatic heterocycles. The molecule has 0 fully saturated rings. The Morgan fingerprint density at radius 1 is 0.882 bits per heavy atom. The van der Waals surface area contributed by atoms with Crippen LogP contribution in [-0.2, 0) is 22.5 Å². The lowest BCUT2D eigenvalue weighted by atomic mass is 10.0. The number of hydrogen-bond acceptors (Lipinski definition) is 3. The first-order valence-corrected chi connectivity index (χ1v) is 13.2. The van der Waals surface area contributed by atoms with Gasteiger partial charge < -0.3 is 14.0 Å². The van der Waals surface area contributed by atoms with Gasteiger partial charge in [0, 0.05) is 12.0 Å². The second-order valence-electron chi connectivity index (χ2n) is 10.1. The van der Waals surface area contributed by atoms with Crippen LogP contribution in [-0.4, -0.2) is 43.8 Å². The van der Waals surface area contributed by atoms with Crippen molar-refractivity contribution in [1.29, 1.82) is 0 Å². The molecule has 0 radical (unpaired) electrons. The molecule has 0 saturated heterocycles. The van der Waals surface area contributed by atoms with Crippen LogP contribution in [0.4, 0.5) is 0 Å². The fourth-order valence-corrected chi connectivity index (χ4v) is 4.26. The van der Waals surface area contributed by atoms with Crippen molar-refractivity contribution in [2.45, 2.75) is 84.3 Å². The van der Waals surface area contributed by atoms with Crippen molar-refractivity contribution in [1.82, 2.24) is 0 Å². The monoisotopic (exact) mass is 468 g/mol. The summed E-state index contributed by atoms with van der Waals surface area (Å²) in [4.78, 5) is 12.3. The fourth-order valence-electron chi connectivity index (χ4n) is 4.26. The lowest BCUT2D eigenvalue weighted by Gasteiger charge is -2.29. The lowest BCUT2D eigenvalue weighted by Crippen LogP contribution is -2.39. The molecule has 0 aliphatic carbocycles. The van der Waals surface area contributed by atoms with Crippen molar-refractivity contribution in [3.8, 4) is 5.75 Å². The summed E-state index contributed by atoms with van der Waals surface area (Å²) in [5.74, 6) is 0.773. The molecule has 0 heterocycles. The van der Waals surface area contributed by atoms with Gasteiger partial charge >= 0.3 is 5.97 Å². The minimum absolute atomic E-state index is 0.143. The molecule has 2 aromatic carbocycles. The minimum atomic E-state index is -0.167. The number of esters is 1. The van der Waals surface area contributed by atoms with Gasteiger partial charge in [-0.2, -0.15) is 0 Å². The maximum absolute atomic E-state index is 12.3. The summed E-state index contributed by atoms with van der Waals surface area (Å²) in [5.41, 5.74) is 2.56. The number of quaternary nitrogens is 1. The van der Waals surface area contributed by atoms with Gasteiger partial charge in [0.05, 0.1) is 27.1 Å². The third kappa shape index (κ3) is 11.7. The average molecular weight is 469 g/mol. The Balaban J connectivity index is 1.66. The highest BCUT2D eigenvalue weighted by molar-refractivity contribution is 5.69. The topological polar surface area (TPSA) is 35.5 Å². The second kappa shape index (κ2) is 15.5. The van der Waals surface area contributed by atoms with E-state index >= 15 is 0 Å². The van der Waals surface area contributed by atoms with Crippen molar-refractivity contribution < 1.29 is 18.8 Å². The Kier molecular flexibility index (Phi) is 12.8. The predicted molar refractivity (Wildman–Crippen MR) is 141 cm³/mol. The molecule has 0 N–H and O–H groups in total. The summed E-state index contributed by atoms with van der Waals surface area (Å²) in [5, 5.41) is 0. The zero-order valence-electron chi connectivity index (χ0n) is 21.9. The predicted octanol–water partition coefficient (Wildman–Crippen LogP) is 6.96. The van der Waals surface area contributed by atoms with Gasteiger partial charge in [-0.1, -0.05) is 87.6 Å². The Morgan fingerprint density at radius 2 is 1.56 bits per heavy atom. The molecule has 0 spiro atoms. The molecule has 188 valence electrons. The van der Waals surface area contributed by atoms with Gasteiger partial charge in [-0.3, -0.25) is 4.79 Å². The quantitative estimate of drug-likeness (QED) is 0.143. The maximum atomic E-state index is 12.3. The van der Waals surface area contributed by atoms with Gasteiger partial charge in [0.1, 0.15) is 25.0 Å². The molecule has 0 aliphatic rings. The van der Waals surface area contributed by atoms with Crippen LogP contribution in [0.3, 0.4) is 0 Å². The lowest BCUT2D eigenvalue weighted by molar-refractivity contribution is -0.903.